The van der Waals surface area contributed by atoms with Crippen LogP contribution in [0.25, 0.3) is 0 Å². The maximum absolute atomic E-state index is 3.89. The standard InChI is InChI=1S/C15H31N/c1-4-9-15(10-5-2)16-13(3)14-11-7-6-8-12-14/h13-16H,4-12H2,1-3H3/t13-/m1/s1. The molecule has 96 valence electrons. The summed E-state index contributed by atoms with van der Waals surface area (Å²) in [5.41, 5.74) is 0. The van der Waals surface area contributed by atoms with E-state index in [1.807, 2.05) is 0 Å². The lowest BCUT2D eigenvalue weighted by Crippen LogP contribution is -2.41. The third kappa shape index (κ3) is 4.86. The maximum atomic E-state index is 3.89. The van der Waals surface area contributed by atoms with Crippen LogP contribution < -0.4 is 5.32 Å². The Balaban J connectivity index is 2.30. The molecule has 1 nitrogen and oxygen atoms in total. The van der Waals surface area contributed by atoms with Crippen LogP contribution in [0.15, 0.2) is 0 Å². The van der Waals surface area contributed by atoms with E-state index in [9.17, 15) is 0 Å². The minimum Gasteiger partial charge on any atom is -0.311 e. The molecule has 0 aromatic heterocycles. The van der Waals surface area contributed by atoms with Crippen molar-refractivity contribution in [3.63, 3.8) is 0 Å². The third-order valence-electron chi connectivity index (χ3n) is 4.13. The largest absolute Gasteiger partial charge is 0.311 e. The van der Waals surface area contributed by atoms with E-state index in [2.05, 4.69) is 26.1 Å². The predicted octanol–water partition coefficient (Wildman–Crippen LogP) is 4.51. The predicted molar refractivity (Wildman–Crippen MR) is 72.8 cm³/mol. The first-order valence-corrected chi connectivity index (χ1v) is 7.54. The monoisotopic (exact) mass is 225 g/mol. The zero-order chi connectivity index (χ0) is 11.8. The molecule has 0 heterocycles. The van der Waals surface area contributed by atoms with Crippen LogP contribution in [0.5, 0.6) is 0 Å². The minimum absolute atomic E-state index is 0.739. The summed E-state index contributed by atoms with van der Waals surface area (Å²) in [5.74, 6) is 0.949. The molecule has 0 aromatic rings. The number of hydrogen-bond donors (Lipinski definition) is 1. The summed E-state index contributed by atoms with van der Waals surface area (Å²) in [6.07, 6.45) is 12.6. The molecular formula is C15H31N. The van der Waals surface area contributed by atoms with Gasteiger partial charge in [-0.25, -0.2) is 0 Å². The van der Waals surface area contributed by atoms with E-state index >= 15 is 0 Å². The molecule has 0 amide bonds. The molecule has 0 aliphatic heterocycles. The topological polar surface area (TPSA) is 12.0 Å². The molecule has 1 aliphatic carbocycles. The van der Waals surface area contributed by atoms with Gasteiger partial charge in [-0.3, -0.25) is 0 Å². The normalized spacial score (nSPS) is 20.2. The second kappa shape index (κ2) is 8.11. The molecule has 1 N–H and O–H groups in total. The molecule has 1 aliphatic rings. The zero-order valence-corrected chi connectivity index (χ0v) is 11.6. The van der Waals surface area contributed by atoms with Crippen LogP contribution in [-0.2, 0) is 0 Å². The minimum atomic E-state index is 0.739. The summed E-state index contributed by atoms with van der Waals surface area (Å²) >= 11 is 0. The first-order chi connectivity index (χ1) is 7.77. The zero-order valence-electron chi connectivity index (χ0n) is 11.6. The quantitative estimate of drug-likeness (QED) is 0.672. The van der Waals surface area contributed by atoms with Crippen molar-refractivity contribution < 1.29 is 0 Å². The van der Waals surface area contributed by atoms with Gasteiger partial charge in [0.05, 0.1) is 0 Å². The Bertz CT molecular complexity index is 155. The van der Waals surface area contributed by atoms with Gasteiger partial charge in [0, 0.05) is 12.1 Å². The molecule has 1 fully saturated rings. The molecule has 1 saturated carbocycles. The van der Waals surface area contributed by atoms with E-state index in [4.69, 9.17) is 0 Å². The fourth-order valence-electron chi connectivity index (χ4n) is 3.15. The lowest BCUT2D eigenvalue weighted by atomic mass is 9.84. The average Bonchev–Trinajstić information content (AvgIpc) is 2.31. The number of hydrogen-bond acceptors (Lipinski definition) is 1. The van der Waals surface area contributed by atoms with Crippen LogP contribution in [0.3, 0.4) is 0 Å². The Morgan fingerprint density at radius 1 is 1.00 bits per heavy atom. The second-order valence-corrected chi connectivity index (χ2v) is 5.63. The Morgan fingerprint density at radius 3 is 2.06 bits per heavy atom. The molecule has 1 heteroatoms. The van der Waals surface area contributed by atoms with Gasteiger partial charge >= 0.3 is 0 Å². The SMILES string of the molecule is CCCC(CCC)N[C@H](C)C1CCCCC1. The van der Waals surface area contributed by atoms with E-state index in [0.717, 1.165) is 18.0 Å². The van der Waals surface area contributed by atoms with Gasteiger partial charge in [-0.15, -0.1) is 0 Å². The van der Waals surface area contributed by atoms with Gasteiger partial charge in [-0.1, -0.05) is 46.0 Å². The van der Waals surface area contributed by atoms with Crippen molar-refractivity contribution >= 4 is 0 Å². The molecule has 0 bridgehead atoms. The van der Waals surface area contributed by atoms with Gasteiger partial charge in [-0.05, 0) is 38.5 Å². The van der Waals surface area contributed by atoms with Crippen LogP contribution in [0.1, 0.15) is 78.6 Å². The van der Waals surface area contributed by atoms with Crippen molar-refractivity contribution in [1.29, 1.82) is 0 Å². The summed E-state index contributed by atoms with van der Waals surface area (Å²) in [7, 11) is 0. The van der Waals surface area contributed by atoms with Gasteiger partial charge in [0.1, 0.15) is 0 Å². The van der Waals surface area contributed by atoms with E-state index in [-0.39, 0.29) is 0 Å². The summed E-state index contributed by atoms with van der Waals surface area (Å²) in [6, 6.07) is 1.51. The maximum Gasteiger partial charge on any atom is 0.00695 e. The first-order valence-electron chi connectivity index (χ1n) is 7.54. The highest BCUT2D eigenvalue weighted by Crippen LogP contribution is 2.26. The van der Waals surface area contributed by atoms with E-state index < -0.39 is 0 Å². The Labute approximate surface area is 102 Å². The van der Waals surface area contributed by atoms with Crippen molar-refractivity contribution in [2.75, 3.05) is 0 Å². The van der Waals surface area contributed by atoms with Gasteiger partial charge in [0.2, 0.25) is 0 Å². The molecule has 0 aromatic carbocycles. The number of rotatable bonds is 7. The van der Waals surface area contributed by atoms with Crippen LogP contribution >= 0.6 is 0 Å². The smallest absolute Gasteiger partial charge is 0.00695 e. The molecule has 1 rings (SSSR count). The summed E-state index contributed by atoms with van der Waals surface area (Å²) in [6.45, 7) is 7.01. The van der Waals surface area contributed by atoms with E-state index in [0.29, 0.717) is 0 Å². The van der Waals surface area contributed by atoms with Crippen molar-refractivity contribution in [2.24, 2.45) is 5.92 Å². The molecule has 0 radical (unpaired) electrons. The molecule has 16 heavy (non-hydrogen) atoms. The number of nitrogens with one attached hydrogen (secondary N) is 1. The van der Waals surface area contributed by atoms with Gasteiger partial charge in [0.15, 0.2) is 0 Å². The van der Waals surface area contributed by atoms with Crippen LogP contribution in [-0.4, -0.2) is 12.1 Å². The summed E-state index contributed by atoms with van der Waals surface area (Å²) in [5, 5.41) is 3.89. The second-order valence-electron chi connectivity index (χ2n) is 5.63. The van der Waals surface area contributed by atoms with Crippen molar-refractivity contribution in [3.05, 3.63) is 0 Å². The molecule has 0 saturated heterocycles. The lowest BCUT2D eigenvalue weighted by Gasteiger charge is -2.31. The van der Waals surface area contributed by atoms with Crippen molar-refractivity contribution in [2.45, 2.75) is 90.6 Å². The van der Waals surface area contributed by atoms with Crippen LogP contribution in [0.2, 0.25) is 0 Å². The highest BCUT2D eigenvalue weighted by atomic mass is 14.9. The Morgan fingerprint density at radius 2 is 1.56 bits per heavy atom. The Hall–Kier alpha value is -0.0400. The van der Waals surface area contributed by atoms with E-state index in [1.54, 1.807) is 0 Å². The van der Waals surface area contributed by atoms with Crippen molar-refractivity contribution in [1.82, 2.24) is 5.32 Å². The van der Waals surface area contributed by atoms with Crippen LogP contribution in [0.4, 0.5) is 0 Å². The van der Waals surface area contributed by atoms with Gasteiger partial charge in [0.25, 0.3) is 0 Å². The fourth-order valence-corrected chi connectivity index (χ4v) is 3.15. The fraction of sp³-hybridized carbons (Fsp3) is 1.00. The summed E-state index contributed by atoms with van der Waals surface area (Å²) < 4.78 is 0. The molecule has 1 atom stereocenters. The molecule has 0 unspecified atom stereocenters. The molecule has 0 spiro atoms. The molecular weight excluding hydrogens is 194 g/mol. The summed E-state index contributed by atoms with van der Waals surface area (Å²) in [4.78, 5) is 0. The van der Waals surface area contributed by atoms with Gasteiger partial charge < -0.3 is 5.32 Å². The average molecular weight is 225 g/mol. The highest BCUT2D eigenvalue weighted by Gasteiger charge is 2.21. The van der Waals surface area contributed by atoms with E-state index in [1.165, 1.54) is 57.8 Å². The third-order valence-corrected chi connectivity index (χ3v) is 4.13. The van der Waals surface area contributed by atoms with Gasteiger partial charge in [-0.2, -0.15) is 0 Å². The lowest BCUT2D eigenvalue weighted by molar-refractivity contribution is 0.255. The Kier molecular flexibility index (Phi) is 7.11. The van der Waals surface area contributed by atoms with Crippen molar-refractivity contribution in [3.8, 4) is 0 Å². The van der Waals surface area contributed by atoms with Crippen LogP contribution in [0, 0.1) is 5.92 Å². The highest BCUT2D eigenvalue weighted by molar-refractivity contribution is 4.79. The first kappa shape index (κ1) is 14.0.